The molecule has 1 amide bonds. The Morgan fingerprint density at radius 3 is 1.33 bits per heavy atom. The third kappa shape index (κ3) is 40.0. The van der Waals surface area contributed by atoms with E-state index >= 15 is 0 Å². The minimum Gasteiger partial charge on any atom is -0.481 e. The Morgan fingerprint density at radius 1 is 0.510 bits per heavy atom. The minimum atomic E-state index is -0.867. The Kier molecular flexibility index (Phi) is 38.1. The molecule has 0 fully saturated rings. The molecule has 0 spiro atoms. The van der Waals surface area contributed by atoms with Crippen LogP contribution in [0.25, 0.3) is 0 Å². The molecule has 0 aromatic heterocycles. The Labute approximate surface area is 314 Å². The van der Waals surface area contributed by atoms with Gasteiger partial charge in [-0.05, 0) is 89.9 Å². The number of hydrogen-bond acceptors (Lipinski definition) is 4. The van der Waals surface area contributed by atoms with Crippen LogP contribution in [0.1, 0.15) is 206 Å². The van der Waals surface area contributed by atoms with Crippen LogP contribution in [0.4, 0.5) is 0 Å². The van der Waals surface area contributed by atoms with Crippen LogP contribution < -0.4 is 5.32 Å². The van der Waals surface area contributed by atoms with Crippen molar-refractivity contribution in [3.8, 4) is 0 Å². The summed E-state index contributed by atoms with van der Waals surface area (Å²) in [7, 11) is 0. The number of carboxylic acid groups (broad SMARTS) is 1. The van der Waals surface area contributed by atoms with Crippen molar-refractivity contribution in [1.29, 1.82) is 0 Å². The average Bonchev–Trinajstić information content (AvgIpc) is 3.11. The first kappa shape index (κ1) is 48.4. The lowest BCUT2D eigenvalue weighted by Crippen LogP contribution is -2.37. The lowest BCUT2D eigenvalue weighted by Gasteiger charge is -2.19. The zero-order chi connectivity index (χ0) is 37.3. The number of carbonyl (C=O) groups excluding carboxylic acids is 2. The third-order valence-corrected chi connectivity index (χ3v) is 9.26. The number of ether oxygens (including phenoxy) is 1. The predicted octanol–water partition coefficient (Wildman–Crippen LogP) is 13.1. The van der Waals surface area contributed by atoms with E-state index in [4.69, 9.17) is 9.84 Å². The quantitative estimate of drug-likeness (QED) is 0.0377. The van der Waals surface area contributed by atoms with Gasteiger partial charge in [0.2, 0.25) is 0 Å². The molecule has 0 rings (SSSR count). The molecule has 51 heavy (non-hydrogen) atoms. The van der Waals surface area contributed by atoms with Crippen molar-refractivity contribution in [2.75, 3.05) is 6.61 Å². The zero-order valence-corrected chi connectivity index (χ0v) is 33.2. The second-order valence-corrected chi connectivity index (χ2v) is 14.3. The van der Waals surface area contributed by atoms with Crippen LogP contribution in [0.3, 0.4) is 0 Å². The Morgan fingerprint density at radius 2 is 0.902 bits per heavy atom. The van der Waals surface area contributed by atoms with Gasteiger partial charge in [0.25, 0.3) is 5.91 Å². The van der Waals surface area contributed by atoms with E-state index in [-0.39, 0.29) is 31.4 Å². The highest BCUT2D eigenvalue weighted by atomic mass is 16.5. The molecule has 0 unspecified atom stereocenters. The van der Waals surface area contributed by atoms with Crippen molar-refractivity contribution in [3.05, 3.63) is 48.6 Å². The van der Waals surface area contributed by atoms with E-state index < -0.39 is 11.9 Å². The second kappa shape index (κ2) is 40.1. The van der Waals surface area contributed by atoms with Crippen molar-refractivity contribution >= 4 is 17.8 Å². The molecule has 6 nitrogen and oxygen atoms in total. The summed E-state index contributed by atoms with van der Waals surface area (Å²) in [6.07, 6.45) is 50.7. The van der Waals surface area contributed by atoms with E-state index in [0.29, 0.717) is 12.8 Å². The van der Waals surface area contributed by atoms with Gasteiger partial charge in [-0.25, -0.2) is 0 Å². The first-order valence-corrected chi connectivity index (χ1v) is 21.3. The predicted molar refractivity (Wildman–Crippen MR) is 217 cm³/mol. The smallest absolute Gasteiger partial charge is 0.306 e. The molecule has 0 saturated carbocycles. The molecule has 6 heteroatoms. The number of nitrogens with one attached hydrogen (secondary N) is 1. The maximum Gasteiger partial charge on any atom is 0.306 e. The maximum absolute atomic E-state index is 12.6. The van der Waals surface area contributed by atoms with Gasteiger partial charge in [-0.1, -0.05) is 152 Å². The molecule has 0 aliphatic rings. The van der Waals surface area contributed by atoms with Gasteiger partial charge in [0.15, 0.2) is 6.61 Å². The third-order valence-electron chi connectivity index (χ3n) is 9.26. The lowest BCUT2D eigenvalue weighted by molar-refractivity contribution is -0.149. The van der Waals surface area contributed by atoms with Crippen LogP contribution in [0.5, 0.6) is 0 Å². The topological polar surface area (TPSA) is 92.7 Å². The fraction of sp³-hybridized carbons (Fsp3) is 0.756. The van der Waals surface area contributed by atoms with E-state index in [1.807, 2.05) is 0 Å². The van der Waals surface area contributed by atoms with E-state index in [2.05, 4.69) is 67.8 Å². The largest absolute Gasteiger partial charge is 0.481 e. The molecule has 0 aliphatic carbocycles. The number of aliphatic carboxylic acids is 1. The summed E-state index contributed by atoms with van der Waals surface area (Å²) in [5.74, 6) is -1.55. The molecule has 0 aliphatic heterocycles. The van der Waals surface area contributed by atoms with E-state index in [1.54, 1.807) is 0 Å². The van der Waals surface area contributed by atoms with Crippen molar-refractivity contribution in [1.82, 2.24) is 5.32 Å². The SMILES string of the molecule is CCCCC/C=C\C/C=C\CCCCCCCCC(CCCCCCCC/C=C\C/C=C\CCCCC)NC(=O)COC(=O)CCCCC(=O)O. The molecule has 0 aromatic rings. The van der Waals surface area contributed by atoms with Crippen molar-refractivity contribution in [2.45, 2.75) is 213 Å². The van der Waals surface area contributed by atoms with Crippen molar-refractivity contribution in [2.24, 2.45) is 0 Å². The van der Waals surface area contributed by atoms with Gasteiger partial charge in [-0.15, -0.1) is 0 Å². The second-order valence-electron chi connectivity index (χ2n) is 14.3. The summed E-state index contributed by atoms with van der Waals surface area (Å²) in [4.78, 5) is 35.3. The molecule has 294 valence electrons. The Hall–Kier alpha value is -2.63. The van der Waals surface area contributed by atoms with Crippen LogP contribution in [0.2, 0.25) is 0 Å². The number of esters is 1. The van der Waals surface area contributed by atoms with Crippen molar-refractivity contribution < 1.29 is 24.2 Å². The fourth-order valence-electron chi connectivity index (χ4n) is 6.08. The molecule has 0 aromatic carbocycles. The number of hydrogen-bond donors (Lipinski definition) is 2. The van der Waals surface area contributed by atoms with Crippen LogP contribution in [-0.4, -0.2) is 35.6 Å². The van der Waals surface area contributed by atoms with E-state index in [0.717, 1.165) is 38.5 Å². The van der Waals surface area contributed by atoms with Gasteiger partial charge in [0.05, 0.1) is 0 Å². The standard InChI is InChI=1S/C45H79NO5/c1-3-5-7-9-11-13-15-17-19-21-23-25-27-29-31-33-37-42(46-43(47)41-51-45(50)40-36-35-39-44(48)49)38-34-32-30-28-26-24-22-20-18-16-14-12-10-8-6-4-2/h11-14,17-20,42H,3-10,15-16,21-41H2,1-2H3,(H,46,47)(H,48,49)/b13-11-,14-12-,19-17-,20-18-. The van der Waals surface area contributed by atoms with E-state index in [9.17, 15) is 14.4 Å². The summed E-state index contributed by atoms with van der Waals surface area (Å²) < 4.78 is 5.17. The summed E-state index contributed by atoms with van der Waals surface area (Å²) in [6.45, 7) is 4.23. The number of carbonyl (C=O) groups is 3. The molecule has 0 saturated heterocycles. The van der Waals surface area contributed by atoms with Gasteiger partial charge in [0, 0.05) is 18.9 Å². The summed E-state index contributed by atoms with van der Waals surface area (Å²) in [5.41, 5.74) is 0. The summed E-state index contributed by atoms with van der Waals surface area (Å²) in [5, 5.41) is 11.9. The first-order valence-electron chi connectivity index (χ1n) is 21.3. The number of rotatable bonds is 38. The number of carboxylic acids is 1. The molecule has 0 bridgehead atoms. The van der Waals surface area contributed by atoms with Crippen LogP contribution in [0, 0.1) is 0 Å². The van der Waals surface area contributed by atoms with E-state index in [1.165, 1.54) is 128 Å². The van der Waals surface area contributed by atoms with Gasteiger partial charge >= 0.3 is 11.9 Å². The van der Waals surface area contributed by atoms with Gasteiger partial charge in [0.1, 0.15) is 0 Å². The molecule has 0 radical (unpaired) electrons. The first-order chi connectivity index (χ1) is 25.0. The lowest BCUT2D eigenvalue weighted by atomic mass is 9.99. The number of allylic oxidation sites excluding steroid dienone is 8. The molecule has 2 N–H and O–H groups in total. The van der Waals surface area contributed by atoms with Gasteiger partial charge < -0.3 is 15.2 Å². The van der Waals surface area contributed by atoms with Crippen LogP contribution in [0.15, 0.2) is 48.6 Å². The Balaban J connectivity index is 4.26. The number of amides is 1. The van der Waals surface area contributed by atoms with Crippen molar-refractivity contribution in [3.63, 3.8) is 0 Å². The monoisotopic (exact) mass is 714 g/mol. The van der Waals surface area contributed by atoms with Crippen LogP contribution in [-0.2, 0) is 19.1 Å². The minimum absolute atomic E-state index is 0.0405. The fourth-order valence-corrected chi connectivity index (χ4v) is 6.08. The average molecular weight is 714 g/mol. The highest BCUT2D eigenvalue weighted by Gasteiger charge is 2.14. The van der Waals surface area contributed by atoms with Crippen LogP contribution >= 0.6 is 0 Å². The normalized spacial score (nSPS) is 12.0. The molecule has 0 heterocycles. The maximum atomic E-state index is 12.6. The zero-order valence-electron chi connectivity index (χ0n) is 33.2. The summed E-state index contributed by atoms with van der Waals surface area (Å²) in [6, 6.07) is 0.114. The number of unbranched alkanes of at least 4 members (excludes halogenated alkanes) is 19. The van der Waals surface area contributed by atoms with Gasteiger partial charge in [-0.2, -0.15) is 0 Å². The van der Waals surface area contributed by atoms with Gasteiger partial charge in [-0.3, -0.25) is 14.4 Å². The Bertz CT molecular complexity index is 874. The molecular formula is C45H79NO5. The summed E-state index contributed by atoms with van der Waals surface area (Å²) >= 11 is 0. The molecular weight excluding hydrogens is 634 g/mol. The highest BCUT2D eigenvalue weighted by Crippen LogP contribution is 2.16. The molecule has 0 atom stereocenters. The highest BCUT2D eigenvalue weighted by molar-refractivity contribution is 5.80.